The molecule has 272 valence electrons. The van der Waals surface area contributed by atoms with Crippen molar-refractivity contribution >= 4 is 5.91 Å². The average molecular weight is 666 g/mol. The lowest BCUT2D eigenvalue weighted by atomic mass is 9.99. The predicted octanol–water partition coefficient (Wildman–Crippen LogP) is 5.94. The molecule has 9 nitrogen and oxygen atoms in total. The Labute approximate surface area is 284 Å². The first-order valence-electron chi connectivity index (χ1n) is 18.3. The first-order valence-corrected chi connectivity index (χ1v) is 18.3. The van der Waals surface area contributed by atoms with Gasteiger partial charge in [0.2, 0.25) is 5.91 Å². The second kappa shape index (κ2) is 29.1. The third-order valence-electron chi connectivity index (χ3n) is 8.45. The number of unbranched alkanes of at least 4 members (excludes halogenated alkanes) is 10. The summed E-state index contributed by atoms with van der Waals surface area (Å²) in [6.07, 6.45) is 27.1. The van der Waals surface area contributed by atoms with Gasteiger partial charge in [-0.3, -0.25) is 4.79 Å². The fraction of sp³-hybridized carbons (Fsp3) is 0.763. The van der Waals surface area contributed by atoms with Crippen LogP contribution < -0.4 is 5.32 Å². The molecule has 1 amide bonds. The first-order chi connectivity index (χ1) is 22.8. The molecule has 0 spiro atoms. The van der Waals surface area contributed by atoms with Crippen molar-refractivity contribution in [3.05, 3.63) is 48.6 Å². The normalized spacial score (nSPS) is 23.4. The Hall–Kier alpha value is -1.85. The molecular weight excluding hydrogens is 598 g/mol. The molecular formula is C38H67NO8. The van der Waals surface area contributed by atoms with E-state index in [-0.39, 0.29) is 12.5 Å². The molecule has 0 aromatic rings. The summed E-state index contributed by atoms with van der Waals surface area (Å²) in [6.45, 7) is 3.61. The highest BCUT2D eigenvalue weighted by Gasteiger charge is 2.44. The zero-order valence-electron chi connectivity index (χ0n) is 29.3. The Morgan fingerprint density at radius 1 is 0.745 bits per heavy atom. The van der Waals surface area contributed by atoms with E-state index in [1.165, 1.54) is 25.7 Å². The van der Waals surface area contributed by atoms with Crippen LogP contribution >= 0.6 is 0 Å². The fourth-order valence-corrected chi connectivity index (χ4v) is 5.44. The lowest BCUT2D eigenvalue weighted by molar-refractivity contribution is -0.302. The third-order valence-corrected chi connectivity index (χ3v) is 8.45. The monoisotopic (exact) mass is 665 g/mol. The van der Waals surface area contributed by atoms with E-state index in [1.807, 2.05) is 0 Å². The van der Waals surface area contributed by atoms with Crippen molar-refractivity contribution in [1.82, 2.24) is 5.32 Å². The molecule has 0 bridgehead atoms. The summed E-state index contributed by atoms with van der Waals surface area (Å²) in [5, 5.41) is 53.8. The van der Waals surface area contributed by atoms with Gasteiger partial charge in [0.1, 0.15) is 24.4 Å². The zero-order chi connectivity index (χ0) is 34.5. The number of hydrogen-bond acceptors (Lipinski definition) is 8. The van der Waals surface area contributed by atoms with Gasteiger partial charge in [-0.15, -0.1) is 0 Å². The number of carbonyl (C=O) groups excluding carboxylic acids is 1. The number of rotatable bonds is 28. The van der Waals surface area contributed by atoms with Gasteiger partial charge in [-0.2, -0.15) is 0 Å². The van der Waals surface area contributed by atoms with Crippen LogP contribution in [0, 0.1) is 0 Å². The van der Waals surface area contributed by atoms with E-state index in [0.29, 0.717) is 12.8 Å². The van der Waals surface area contributed by atoms with Crippen molar-refractivity contribution in [2.24, 2.45) is 0 Å². The van der Waals surface area contributed by atoms with Crippen LogP contribution in [0.1, 0.15) is 129 Å². The molecule has 0 aromatic heterocycles. The van der Waals surface area contributed by atoms with Gasteiger partial charge in [-0.25, -0.2) is 0 Å². The molecule has 6 N–H and O–H groups in total. The van der Waals surface area contributed by atoms with Crippen LogP contribution in [-0.4, -0.2) is 87.5 Å². The van der Waals surface area contributed by atoms with Gasteiger partial charge in [0.05, 0.1) is 25.4 Å². The highest BCUT2D eigenvalue weighted by Crippen LogP contribution is 2.22. The fourth-order valence-electron chi connectivity index (χ4n) is 5.44. The molecule has 1 saturated heterocycles. The number of nitrogens with one attached hydrogen (secondary N) is 1. The summed E-state index contributed by atoms with van der Waals surface area (Å²) < 4.78 is 11.1. The molecule has 7 unspecified atom stereocenters. The van der Waals surface area contributed by atoms with E-state index >= 15 is 0 Å². The smallest absolute Gasteiger partial charge is 0.220 e. The Morgan fingerprint density at radius 3 is 1.96 bits per heavy atom. The van der Waals surface area contributed by atoms with Crippen LogP contribution in [0.5, 0.6) is 0 Å². The maximum atomic E-state index is 12.8. The SMILES string of the molecule is CC/C=C\C/C=C\C/C=C\C/C=C\CCCCCCC(=O)NC(COC1OC(CO)C(O)C(O)C1O)C(O)CCCCCCCCC. The number of carbonyl (C=O) groups is 1. The van der Waals surface area contributed by atoms with Gasteiger partial charge < -0.3 is 40.3 Å². The number of hydrogen-bond donors (Lipinski definition) is 6. The maximum Gasteiger partial charge on any atom is 0.220 e. The van der Waals surface area contributed by atoms with Crippen LogP contribution in [0.15, 0.2) is 48.6 Å². The van der Waals surface area contributed by atoms with Gasteiger partial charge in [0.25, 0.3) is 0 Å². The van der Waals surface area contributed by atoms with Crippen LogP contribution in [0.25, 0.3) is 0 Å². The van der Waals surface area contributed by atoms with E-state index in [9.17, 15) is 30.3 Å². The maximum absolute atomic E-state index is 12.8. The van der Waals surface area contributed by atoms with E-state index in [0.717, 1.165) is 77.0 Å². The summed E-state index contributed by atoms with van der Waals surface area (Å²) in [5.41, 5.74) is 0. The van der Waals surface area contributed by atoms with Crippen molar-refractivity contribution in [3.8, 4) is 0 Å². The van der Waals surface area contributed by atoms with Crippen molar-refractivity contribution in [1.29, 1.82) is 0 Å². The van der Waals surface area contributed by atoms with Crippen LogP contribution in [-0.2, 0) is 14.3 Å². The largest absolute Gasteiger partial charge is 0.394 e. The molecule has 0 aromatic carbocycles. The molecule has 0 radical (unpaired) electrons. The van der Waals surface area contributed by atoms with E-state index in [4.69, 9.17) is 9.47 Å². The van der Waals surface area contributed by atoms with Crippen molar-refractivity contribution in [3.63, 3.8) is 0 Å². The predicted molar refractivity (Wildman–Crippen MR) is 189 cm³/mol. The zero-order valence-corrected chi connectivity index (χ0v) is 29.3. The Balaban J connectivity index is 2.41. The molecule has 1 fully saturated rings. The Bertz CT molecular complexity index is 874. The minimum Gasteiger partial charge on any atom is -0.394 e. The highest BCUT2D eigenvalue weighted by atomic mass is 16.7. The van der Waals surface area contributed by atoms with Crippen LogP contribution in [0.4, 0.5) is 0 Å². The minimum absolute atomic E-state index is 0.152. The van der Waals surface area contributed by atoms with E-state index in [1.54, 1.807) is 0 Å². The first kappa shape index (κ1) is 43.2. The lowest BCUT2D eigenvalue weighted by Gasteiger charge is -2.40. The van der Waals surface area contributed by atoms with Crippen molar-refractivity contribution in [2.45, 2.75) is 172 Å². The molecule has 0 saturated carbocycles. The highest BCUT2D eigenvalue weighted by molar-refractivity contribution is 5.76. The number of ether oxygens (including phenoxy) is 2. The number of amides is 1. The molecule has 47 heavy (non-hydrogen) atoms. The second-order valence-corrected chi connectivity index (χ2v) is 12.6. The van der Waals surface area contributed by atoms with Crippen LogP contribution in [0.3, 0.4) is 0 Å². The molecule has 1 aliphatic heterocycles. The van der Waals surface area contributed by atoms with Crippen LogP contribution in [0.2, 0.25) is 0 Å². The summed E-state index contributed by atoms with van der Waals surface area (Å²) in [5.74, 6) is -0.176. The summed E-state index contributed by atoms with van der Waals surface area (Å²) in [6, 6.07) is -0.729. The van der Waals surface area contributed by atoms with Gasteiger partial charge in [-0.05, 0) is 51.4 Å². The van der Waals surface area contributed by atoms with Gasteiger partial charge in [-0.1, -0.05) is 120 Å². The second-order valence-electron chi connectivity index (χ2n) is 12.6. The van der Waals surface area contributed by atoms with Crippen molar-refractivity contribution < 1.29 is 39.8 Å². The number of aliphatic hydroxyl groups excluding tert-OH is 5. The Morgan fingerprint density at radius 2 is 1.32 bits per heavy atom. The standard InChI is InChI=1S/C38H67NO8/c1-3-5-7-9-11-12-13-14-15-16-17-18-19-20-22-24-26-28-34(42)39-31(32(41)27-25-23-21-10-8-6-4-2)30-46-38-37(45)36(44)35(43)33(29-40)47-38/h5,7,11-12,14-15,17-18,31-33,35-38,40-41,43-45H,3-4,6,8-10,13,16,19-30H2,1-2H3,(H,39,42)/b7-5-,12-11-,15-14-,18-17-. The van der Waals surface area contributed by atoms with E-state index in [2.05, 4.69) is 67.8 Å². The molecule has 9 heteroatoms. The summed E-state index contributed by atoms with van der Waals surface area (Å²) in [4.78, 5) is 12.8. The van der Waals surface area contributed by atoms with Gasteiger partial charge >= 0.3 is 0 Å². The average Bonchev–Trinajstić information content (AvgIpc) is 3.07. The van der Waals surface area contributed by atoms with Gasteiger partial charge in [0, 0.05) is 6.42 Å². The molecule has 0 aliphatic carbocycles. The summed E-state index contributed by atoms with van der Waals surface area (Å²) >= 11 is 0. The lowest BCUT2D eigenvalue weighted by Crippen LogP contribution is -2.60. The van der Waals surface area contributed by atoms with Crippen molar-refractivity contribution in [2.75, 3.05) is 13.2 Å². The minimum atomic E-state index is -1.56. The van der Waals surface area contributed by atoms with Gasteiger partial charge in [0.15, 0.2) is 6.29 Å². The molecule has 1 rings (SSSR count). The quantitative estimate of drug-likeness (QED) is 0.0445. The van der Waals surface area contributed by atoms with E-state index < -0.39 is 49.5 Å². The third kappa shape index (κ3) is 21.0. The Kier molecular flexibility index (Phi) is 26.7. The number of aliphatic hydroxyl groups is 5. The molecule has 1 heterocycles. The summed E-state index contributed by atoms with van der Waals surface area (Å²) in [7, 11) is 0. The molecule has 7 atom stereocenters. The topological polar surface area (TPSA) is 149 Å². The molecule has 1 aliphatic rings. The number of allylic oxidation sites excluding steroid dienone is 8.